The SMILES string of the molecule is O=C(C[C@H]1C(=O)NCCN1C(=O)CN1CCN(Cc2ccc3c(c2)OCO3)CC1)Nc1cccc(Cl)c1. The fraction of sp³-hybridized carbons (Fsp3) is 0.423. The maximum Gasteiger partial charge on any atom is 0.243 e. The number of anilines is 1. The molecule has 5 rings (SSSR count). The highest BCUT2D eigenvalue weighted by molar-refractivity contribution is 6.30. The van der Waals surface area contributed by atoms with Crippen molar-refractivity contribution < 1.29 is 23.9 Å². The lowest BCUT2D eigenvalue weighted by molar-refractivity contribution is -0.145. The molecule has 3 aliphatic rings. The molecule has 2 aromatic rings. The minimum absolute atomic E-state index is 0.118. The number of amides is 3. The molecule has 2 aromatic carbocycles. The van der Waals surface area contributed by atoms with E-state index < -0.39 is 6.04 Å². The van der Waals surface area contributed by atoms with Crippen molar-refractivity contribution in [2.45, 2.75) is 19.0 Å². The second-order valence-corrected chi connectivity index (χ2v) is 9.83. The van der Waals surface area contributed by atoms with Gasteiger partial charge in [0.15, 0.2) is 11.5 Å². The zero-order valence-corrected chi connectivity index (χ0v) is 21.2. The molecule has 0 bridgehead atoms. The van der Waals surface area contributed by atoms with Crippen molar-refractivity contribution in [2.24, 2.45) is 0 Å². The summed E-state index contributed by atoms with van der Waals surface area (Å²) >= 11 is 5.98. The van der Waals surface area contributed by atoms with Crippen molar-refractivity contribution in [1.29, 1.82) is 0 Å². The molecule has 2 N–H and O–H groups in total. The number of nitrogens with zero attached hydrogens (tertiary/aromatic N) is 3. The number of carbonyl (C=O) groups is 3. The molecular weight excluding hydrogens is 498 g/mol. The Hall–Kier alpha value is -3.34. The number of ether oxygens (including phenoxy) is 2. The van der Waals surface area contributed by atoms with E-state index in [1.807, 2.05) is 18.2 Å². The van der Waals surface area contributed by atoms with E-state index in [4.69, 9.17) is 21.1 Å². The monoisotopic (exact) mass is 527 g/mol. The lowest BCUT2D eigenvalue weighted by Gasteiger charge is -2.38. The van der Waals surface area contributed by atoms with Crippen LogP contribution in [0.1, 0.15) is 12.0 Å². The highest BCUT2D eigenvalue weighted by atomic mass is 35.5. The van der Waals surface area contributed by atoms with Crippen molar-refractivity contribution in [3.63, 3.8) is 0 Å². The van der Waals surface area contributed by atoms with Gasteiger partial charge in [-0.2, -0.15) is 0 Å². The molecule has 10 nitrogen and oxygen atoms in total. The average molecular weight is 528 g/mol. The number of benzene rings is 2. The molecule has 11 heteroatoms. The van der Waals surface area contributed by atoms with Crippen molar-refractivity contribution in [1.82, 2.24) is 20.0 Å². The molecule has 1 atom stereocenters. The van der Waals surface area contributed by atoms with E-state index in [1.165, 1.54) is 4.90 Å². The molecular formula is C26H30ClN5O5. The summed E-state index contributed by atoms with van der Waals surface area (Å²) in [4.78, 5) is 44.4. The lowest BCUT2D eigenvalue weighted by atomic mass is 10.1. The summed E-state index contributed by atoms with van der Waals surface area (Å²) in [6.45, 7) is 5.18. The van der Waals surface area contributed by atoms with Crippen LogP contribution in [0.3, 0.4) is 0 Å². The Morgan fingerprint density at radius 3 is 2.59 bits per heavy atom. The van der Waals surface area contributed by atoms with Crippen LogP contribution in [0.4, 0.5) is 5.69 Å². The molecule has 0 unspecified atom stereocenters. The number of rotatable bonds is 7. The predicted octanol–water partition coefficient (Wildman–Crippen LogP) is 1.54. The van der Waals surface area contributed by atoms with Gasteiger partial charge in [-0.25, -0.2) is 0 Å². The van der Waals surface area contributed by atoms with Crippen LogP contribution in [-0.2, 0) is 20.9 Å². The summed E-state index contributed by atoms with van der Waals surface area (Å²) in [6.07, 6.45) is -0.118. The molecule has 3 amide bonds. The van der Waals surface area contributed by atoms with E-state index in [-0.39, 0.29) is 37.5 Å². The average Bonchev–Trinajstić information content (AvgIpc) is 3.34. The largest absolute Gasteiger partial charge is 0.454 e. The van der Waals surface area contributed by atoms with Gasteiger partial charge in [0.05, 0.1) is 13.0 Å². The third-order valence-electron chi connectivity index (χ3n) is 6.81. The van der Waals surface area contributed by atoms with Gasteiger partial charge in [0.2, 0.25) is 24.5 Å². The van der Waals surface area contributed by atoms with Crippen LogP contribution in [0.25, 0.3) is 0 Å². The predicted molar refractivity (Wildman–Crippen MR) is 137 cm³/mol. The summed E-state index contributed by atoms with van der Waals surface area (Å²) in [5.74, 6) is 0.759. The Morgan fingerprint density at radius 1 is 1.00 bits per heavy atom. The van der Waals surface area contributed by atoms with Gasteiger partial charge < -0.3 is 25.0 Å². The number of hydrogen-bond donors (Lipinski definition) is 2. The van der Waals surface area contributed by atoms with Crippen molar-refractivity contribution in [3.8, 4) is 11.5 Å². The zero-order chi connectivity index (χ0) is 25.8. The van der Waals surface area contributed by atoms with Gasteiger partial charge in [-0.1, -0.05) is 23.7 Å². The first kappa shape index (κ1) is 25.3. The Balaban J connectivity index is 1.12. The fourth-order valence-corrected chi connectivity index (χ4v) is 5.05. The van der Waals surface area contributed by atoms with E-state index in [0.29, 0.717) is 23.8 Å². The topological polar surface area (TPSA) is 103 Å². The summed E-state index contributed by atoms with van der Waals surface area (Å²) < 4.78 is 10.9. The van der Waals surface area contributed by atoms with Gasteiger partial charge >= 0.3 is 0 Å². The molecule has 2 saturated heterocycles. The van der Waals surface area contributed by atoms with Crippen molar-refractivity contribution >= 4 is 35.0 Å². The molecule has 0 aliphatic carbocycles. The van der Waals surface area contributed by atoms with Crippen LogP contribution in [0.15, 0.2) is 42.5 Å². The zero-order valence-electron chi connectivity index (χ0n) is 20.5. The fourth-order valence-electron chi connectivity index (χ4n) is 4.86. The summed E-state index contributed by atoms with van der Waals surface area (Å²) in [7, 11) is 0. The van der Waals surface area contributed by atoms with Gasteiger partial charge in [-0.3, -0.25) is 24.2 Å². The van der Waals surface area contributed by atoms with E-state index in [0.717, 1.165) is 49.8 Å². The normalized spacial score (nSPS) is 20.0. The molecule has 0 radical (unpaired) electrons. The smallest absolute Gasteiger partial charge is 0.243 e. The number of hydrogen-bond acceptors (Lipinski definition) is 7. The molecule has 196 valence electrons. The second kappa shape index (κ2) is 11.4. The summed E-state index contributed by atoms with van der Waals surface area (Å²) in [5.41, 5.74) is 1.71. The van der Waals surface area contributed by atoms with Crippen LogP contribution in [-0.4, -0.2) is 91.1 Å². The molecule has 2 fully saturated rings. The van der Waals surface area contributed by atoms with Gasteiger partial charge in [-0.05, 0) is 35.9 Å². The van der Waals surface area contributed by atoms with E-state index in [9.17, 15) is 14.4 Å². The number of nitrogens with one attached hydrogen (secondary N) is 2. The van der Waals surface area contributed by atoms with Gasteiger partial charge in [0, 0.05) is 56.5 Å². The number of carbonyl (C=O) groups excluding carboxylic acids is 3. The van der Waals surface area contributed by atoms with Crippen molar-refractivity contribution in [2.75, 3.05) is 57.9 Å². The minimum atomic E-state index is -0.840. The lowest BCUT2D eigenvalue weighted by Crippen LogP contribution is -2.60. The third-order valence-corrected chi connectivity index (χ3v) is 7.04. The molecule has 0 spiro atoms. The second-order valence-electron chi connectivity index (χ2n) is 9.40. The summed E-state index contributed by atoms with van der Waals surface area (Å²) in [5, 5.41) is 6.03. The Bertz CT molecular complexity index is 1170. The first-order chi connectivity index (χ1) is 17.9. The number of fused-ring (bicyclic) bond motifs is 1. The van der Waals surface area contributed by atoms with Gasteiger partial charge in [0.25, 0.3) is 0 Å². The maximum atomic E-state index is 13.2. The minimum Gasteiger partial charge on any atom is -0.454 e. The van der Waals surface area contributed by atoms with Gasteiger partial charge in [-0.15, -0.1) is 0 Å². The molecule has 3 heterocycles. The molecule has 37 heavy (non-hydrogen) atoms. The Labute approximate surface area is 220 Å². The summed E-state index contributed by atoms with van der Waals surface area (Å²) in [6, 6.07) is 12.0. The highest BCUT2D eigenvalue weighted by Gasteiger charge is 2.35. The van der Waals surface area contributed by atoms with E-state index in [2.05, 4.69) is 20.4 Å². The van der Waals surface area contributed by atoms with Crippen LogP contribution in [0, 0.1) is 0 Å². The van der Waals surface area contributed by atoms with Crippen LogP contribution < -0.4 is 20.1 Å². The van der Waals surface area contributed by atoms with Crippen LogP contribution in [0.2, 0.25) is 5.02 Å². The number of halogens is 1. The number of piperazine rings is 2. The molecule has 3 aliphatic heterocycles. The van der Waals surface area contributed by atoms with Crippen LogP contribution in [0.5, 0.6) is 11.5 Å². The molecule has 0 aromatic heterocycles. The van der Waals surface area contributed by atoms with Crippen molar-refractivity contribution in [3.05, 3.63) is 53.1 Å². The quantitative estimate of drug-likeness (QED) is 0.563. The molecule has 0 saturated carbocycles. The third kappa shape index (κ3) is 6.33. The standard InChI is InChI=1S/C26H30ClN5O5/c27-19-2-1-3-20(13-19)29-24(33)14-21-26(35)28-6-7-32(21)25(34)16-31-10-8-30(9-11-31)15-18-4-5-22-23(12-18)37-17-36-22/h1-5,12-13,21H,6-11,14-17H2,(H,28,35)(H,29,33)/t21-/m0/s1. The Morgan fingerprint density at radius 2 is 1.78 bits per heavy atom. The van der Waals surface area contributed by atoms with Gasteiger partial charge in [0.1, 0.15) is 6.04 Å². The first-order valence-corrected chi connectivity index (χ1v) is 12.8. The van der Waals surface area contributed by atoms with E-state index in [1.54, 1.807) is 24.3 Å². The highest BCUT2D eigenvalue weighted by Crippen LogP contribution is 2.32. The maximum absolute atomic E-state index is 13.2. The van der Waals surface area contributed by atoms with Crippen LogP contribution >= 0.6 is 11.6 Å². The van der Waals surface area contributed by atoms with E-state index >= 15 is 0 Å². The Kier molecular flexibility index (Phi) is 7.78. The first-order valence-electron chi connectivity index (χ1n) is 12.4.